The van der Waals surface area contributed by atoms with Crippen molar-refractivity contribution in [2.45, 2.75) is 64.1 Å². The molecule has 1 aliphatic heterocycles. The SMILES string of the molecule is CCC1(C)CN(Cc2ccn(C3CCCC3)n2)CCN1. The Kier molecular flexibility index (Phi) is 4.13. The monoisotopic (exact) mass is 276 g/mol. The van der Waals surface area contributed by atoms with Gasteiger partial charge in [-0.05, 0) is 32.3 Å². The molecular weight excluding hydrogens is 248 g/mol. The summed E-state index contributed by atoms with van der Waals surface area (Å²) < 4.78 is 2.21. The highest BCUT2D eigenvalue weighted by Crippen LogP contribution is 2.28. The third-order valence-corrected chi connectivity index (χ3v) is 5.08. The van der Waals surface area contributed by atoms with E-state index in [0.717, 1.165) is 26.2 Å². The second kappa shape index (κ2) is 5.86. The zero-order valence-corrected chi connectivity index (χ0v) is 12.9. The molecule has 1 unspecified atom stereocenters. The maximum atomic E-state index is 4.81. The van der Waals surface area contributed by atoms with Crippen LogP contribution < -0.4 is 5.32 Å². The van der Waals surface area contributed by atoms with Gasteiger partial charge >= 0.3 is 0 Å². The molecule has 1 saturated heterocycles. The molecule has 1 atom stereocenters. The molecule has 0 bridgehead atoms. The molecule has 2 aliphatic rings. The third-order valence-electron chi connectivity index (χ3n) is 5.08. The fourth-order valence-electron chi connectivity index (χ4n) is 3.58. The van der Waals surface area contributed by atoms with E-state index in [4.69, 9.17) is 5.10 Å². The molecule has 3 rings (SSSR count). The van der Waals surface area contributed by atoms with Crippen molar-refractivity contribution in [1.82, 2.24) is 20.0 Å². The van der Waals surface area contributed by atoms with Gasteiger partial charge in [0.1, 0.15) is 0 Å². The number of aromatic nitrogens is 2. The molecule has 2 fully saturated rings. The van der Waals surface area contributed by atoms with Crippen LogP contribution in [-0.4, -0.2) is 39.9 Å². The van der Waals surface area contributed by atoms with E-state index in [9.17, 15) is 0 Å². The maximum Gasteiger partial charge on any atom is 0.0764 e. The molecule has 1 saturated carbocycles. The quantitative estimate of drug-likeness (QED) is 0.917. The first-order valence-corrected chi connectivity index (χ1v) is 8.20. The molecule has 0 spiro atoms. The molecular formula is C16H28N4. The van der Waals surface area contributed by atoms with Gasteiger partial charge in [0, 0.05) is 37.9 Å². The molecule has 0 amide bonds. The van der Waals surface area contributed by atoms with Crippen LogP contribution in [0.15, 0.2) is 12.3 Å². The lowest BCUT2D eigenvalue weighted by Gasteiger charge is -2.40. The van der Waals surface area contributed by atoms with Crippen LogP contribution in [0.3, 0.4) is 0 Å². The third kappa shape index (κ3) is 3.07. The number of rotatable bonds is 4. The van der Waals surface area contributed by atoms with Crippen LogP contribution in [-0.2, 0) is 6.54 Å². The molecule has 112 valence electrons. The van der Waals surface area contributed by atoms with Crippen molar-refractivity contribution in [3.05, 3.63) is 18.0 Å². The van der Waals surface area contributed by atoms with Crippen LogP contribution >= 0.6 is 0 Å². The van der Waals surface area contributed by atoms with Crippen LogP contribution in [0.1, 0.15) is 57.7 Å². The Morgan fingerprint density at radius 2 is 2.20 bits per heavy atom. The van der Waals surface area contributed by atoms with Crippen molar-refractivity contribution in [2.24, 2.45) is 0 Å². The maximum absolute atomic E-state index is 4.81. The molecule has 0 radical (unpaired) electrons. The Bertz CT molecular complexity index is 435. The minimum absolute atomic E-state index is 0.270. The van der Waals surface area contributed by atoms with Gasteiger partial charge in [-0.2, -0.15) is 5.10 Å². The summed E-state index contributed by atoms with van der Waals surface area (Å²) in [5.41, 5.74) is 1.50. The van der Waals surface area contributed by atoms with Gasteiger partial charge in [0.05, 0.1) is 11.7 Å². The van der Waals surface area contributed by atoms with Gasteiger partial charge in [0.15, 0.2) is 0 Å². The highest BCUT2D eigenvalue weighted by atomic mass is 15.3. The fraction of sp³-hybridized carbons (Fsp3) is 0.812. The van der Waals surface area contributed by atoms with Crippen LogP contribution in [0.2, 0.25) is 0 Å². The van der Waals surface area contributed by atoms with Gasteiger partial charge in [0.25, 0.3) is 0 Å². The summed E-state index contributed by atoms with van der Waals surface area (Å²) in [7, 11) is 0. The number of nitrogens with one attached hydrogen (secondary N) is 1. The van der Waals surface area contributed by atoms with Gasteiger partial charge in [0.2, 0.25) is 0 Å². The van der Waals surface area contributed by atoms with Crippen LogP contribution in [0, 0.1) is 0 Å². The Morgan fingerprint density at radius 3 is 2.95 bits per heavy atom. The second-order valence-electron chi connectivity index (χ2n) is 6.78. The summed E-state index contributed by atoms with van der Waals surface area (Å²) in [5, 5.41) is 8.46. The molecule has 2 heterocycles. The van der Waals surface area contributed by atoms with E-state index < -0.39 is 0 Å². The molecule has 20 heavy (non-hydrogen) atoms. The summed E-state index contributed by atoms with van der Waals surface area (Å²) in [4.78, 5) is 2.54. The standard InChI is InChI=1S/C16H28N4/c1-3-16(2)13-19(11-9-17-16)12-14-8-10-20(18-14)15-6-4-5-7-15/h8,10,15,17H,3-7,9,11-13H2,1-2H3. The van der Waals surface area contributed by atoms with E-state index in [0.29, 0.717) is 6.04 Å². The van der Waals surface area contributed by atoms with Crippen molar-refractivity contribution in [3.63, 3.8) is 0 Å². The molecule has 1 aromatic rings. The predicted octanol–water partition coefficient (Wildman–Crippen LogP) is 2.57. The Morgan fingerprint density at radius 1 is 1.40 bits per heavy atom. The summed E-state index contributed by atoms with van der Waals surface area (Å²) in [6.07, 6.45) is 8.72. The lowest BCUT2D eigenvalue weighted by atomic mass is 9.96. The van der Waals surface area contributed by atoms with E-state index in [1.807, 2.05) is 0 Å². The first kappa shape index (κ1) is 14.1. The highest BCUT2D eigenvalue weighted by molar-refractivity contribution is 5.02. The lowest BCUT2D eigenvalue weighted by molar-refractivity contribution is 0.132. The average molecular weight is 276 g/mol. The van der Waals surface area contributed by atoms with Gasteiger partial charge in [-0.1, -0.05) is 19.8 Å². The molecule has 4 nitrogen and oxygen atoms in total. The molecule has 4 heteroatoms. The number of piperazine rings is 1. The van der Waals surface area contributed by atoms with Gasteiger partial charge < -0.3 is 5.32 Å². The summed E-state index contributed by atoms with van der Waals surface area (Å²) >= 11 is 0. The zero-order chi connectivity index (χ0) is 14.0. The second-order valence-corrected chi connectivity index (χ2v) is 6.78. The Labute approximate surface area is 122 Å². The minimum Gasteiger partial charge on any atom is -0.309 e. The van der Waals surface area contributed by atoms with Crippen molar-refractivity contribution in [1.29, 1.82) is 0 Å². The number of hydrogen-bond acceptors (Lipinski definition) is 3. The van der Waals surface area contributed by atoms with Crippen molar-refractivity contribution in [3.8, 4) is 0 Å². The summed E-state index contributed by atoms with van der Waals surface area (Å²) in [5.74, 6) is 0. The molecule has 1 aliphatic carbocycles. The smallest absolute Gasteiger partial charge is 0.0764 e. The number of nitrogens with zero attached hydrogens (tertiary/aromatic N) is 3. The van der Waals surface area contributed by atoms with E-state index in [-0.39, 0.29) is 5.54 Å². The van der Waals surface area contributed by atoms with Crippen molar-refractivity contribution < 1.29 is 0 Å². The number of hydrogen-bond donors (Lipinski definition) is 1. The molecule has 1 aromatic heterocycles. The Balaban J connectivity index is 1.60. The van der Waals surface area contributed by atoms with Gasteiger partial charge in [-0.3, -0.25) is 9.58 Å². The zero-order valence-electron chi connectivity index (χ0n) is 12.9. The molecule has 1 N–H and O–H groups in total. The topological polar surface area (TPSA) is 33.1 Å². The first-order chi connectivity index (χ1) is 9.68. The normalized spacial score (nSPS) is 29.1. The lowest BCUT2D eigenvalue weighted by Crippen LogP contribution is -2.58. The summed E-state index contributed by atoms with van der Waals surface area (Å²) in [6.45, 7) is 8.94. The van der Waals surface area contributed by atoms with Crippen LogP contribution in [0.5, 0.6) is 0 Å². The van der Waals surface area contributed by atoms with E-state index >= 15 is 0 Å². The van der Waals surface area contributed by atoms with Gasteiger partial charge in [-0.25, -0.2) is 0 Å². The van der Waals surface area contributed by atoms with E-state index in [2.05, 4.69) is 41.0 Å². The van der Waals surface area contributed by atoms with Crippen LogP contribution in [0.4, 0.5) is 0 Å². The fourth-order valence-corrected chi connectivity index (χ4v) is 3.58. The van der Waals surface area contributed by atoms with Crippen molar-refractivity contribution >= 4 is 0 Å². The van der Waals surface area contributed by atoms with Crippen molar-refractivity contribution in [2.75, 3.05) is 19.6 Å². The molecule has 0 aromatic carbocycles. The van der Waals surface area contributed by atoms with Gasteiger partial charge in [-0.15, -0.1) is 0 Å². The minimum atomic E-state index is 0.270. The first-order valence-electron chi connectivity index (χ1n) is 8.20. The highest BCUT2D eigenvalue weighted by Gasteiger charge is 2.29. The Hall–Kier alpha value is -0.870. The predicted molar refractivity (Wildman–Crippen MR) is 81.7 cm³/mol. The van der Waals surface area contributed by atoms with Crippen LogP contribution in [0.25, 0.3) is 0 Å². The van der Waals surface area contributed by atoms with E-state index in [1.54, 1.807) is 0 Å². The summed E-state index contributed by atoms with van der Waals surface area (Å²) in [6, 6.07) is 2.87. The van der Waals surface area contributed by atoms with E-state index in [1.165, 1.54) is 37.8 Å². The largest absolute Gasteiger partial charge is 0.309 e. The average Bonchev–Trinajstić information content (AvgIpc) is 3.09.